The summed E-state index contributed by atoms with van der Waals surface area (Å²) in [6.45, 7) is 4.44. The first-order valence-corrected chi connectivity index (χ1v) is 8.56. The lowest BCUT2D eigenvalue weighted by Crippen LogP contribution is -1.89. The first-order valence-electron chi connectivity index (χ1n) is 7.77. The molecule has 21 heavy (non-hydrogen) atoms. The summed E-state index contributed by atoms with van der Waals surface area (Å²) >= 11 is 3.81. The Balaban J connectivity index is 1.92. The van der Waals surface area contributed by atoms with E-state index in [0.717, 1.165) is 6.42 Å². The fourth-order valence-electron chi connectivity index (χ4n) is 3.00. The van der Waals surface area contributed by atoms with Gasteiger partial charge in [-0.2, -0.15) is 0 Å². The average molecular weight is 341 g/mol. The minimum atomic E-state index is 1.09. The van der Waals surface area contributed by atoms with Crippen LogP contribution in [0.2, 0.25) is 0 Å². The van der Waals surface area contributed by atoms with Gasteiger partial charge >= 0.3 is 0 Å². The van der Waals surface area contributed by atoms with Crippen molar-refractivity contribution in [1.29, 1.82) is 0 Å². The molecule has 0 atom stereocenters. The molecule has 0 saturated carbocycles. The molecule has 1 heteroatoms. The van der Waals surface area contributed by atoms with Crippen molar-refractivity contribution in [3.8, 4) is 11.1 Å². The lowest BCUT2D eigenvalue weighted by atomic mass is 9.98. The van der Waals surface area contributed by atoms with Crippen molar-refractivity contribution in [2.75, 3.05) is 0 Å². The number of unbranched alkanes of at least 4 members (excludes halogenated alkanes) is 1. The van der Waals surface area contributed by atoms with Gasteiger partial charge in [0, 0.05) is 4.47 Å². The molecule has 0 fully saturated rings. The molecule has 2 aromatic carbocycles. The molecule has 108 valence electrons. The summed E-state index contributed by atoms with van der Waals surface area (Å²) in [5, 5.41) is 0. The Morgan fingerprint density at radius 2 is 1.81 bits per heavy atom. The molecule has 0 amide bonds. The van der Waals surface area contributed by atoms with Gasteiger partial charge in [-0.25, -0.2) is 0 Å². The van der Waals surface area contributed by atoms with Crippen molar-refractivity contribution in [1.82, 2.24) is 0 Å². The number of aryl methyl sites for hydroxylation is 1. The molecule has 0 spiro atoms. The highest BCUT2D eigenvalue weighted by Crippen LogP contribution is 2.38. The van der Waals surface area contributed by atoms with Gasteiger partial charge in [-0.15, -0.1) is 0 Å². The molecule has 3 rings (SSSR count). The molecule has 0 saturated heterocycles. The van der Waals surface area contributed by atoms with E-state index in [0.29, 0.717) is 0 Å². The Labute approximate surface area is 136 Å². The highest BCUT2D eigenvalue weighted by molar-refractivity contribution is 9.10. The van der Waals surface area contributed by atoms with Crippen LogP contribution in [0.3, 0.4) is 0 Å². The second kappa shape index (κ2) is 6.19. The highest BCUT2D eigenvalue weighted by Gasteiger charge is 2.15. The third kappa shape index (κ3) is 2.98. The van der Waals surface area contributed by atoms with Gasteiger partial charge in [0.2, 0.25) is 0 Å². The SMILES string of the molecule is CCCCc1ccc(-c2ccc3c(c2Br)C=C(C)C3)cc1. The fourth-order valence-corrected chi connectivity index (χ4v) is 3.73. The summed E-state index contributed by atoms with van der Waals surface area (Å²) in [6.07, 6.45) is 7.10. The summed E-state index contributed by atoms with van der Waals surface area (Å²) < 4.78 is 1.23. The zero-order valence-electron chi connectivity index (χ0n) is 12.7. The number of allylic oxidation sites excluding steroid dienone is 1. The molecule has 0 bridgehead atoms. The van der Waals surface area contributed by atoms with Crippen molar-refractivity contribution in [2.24, 2.45) is 0 Å². The normalized spacial score (nSPS) is 13.2. The molecule has 0 aromatic heterocycles. The predicted octanol–water partition coefficient (Wildman–Crippen LogP) is 6.42. The zero-order chi connectivity index (χ0) is 14.8. The van der Waals surface area contributed by atoms with E-state index < -0.39 is 0 Å². The van der Waals surface area contributed by atoms with E-state index in [9.17, 15) is 0 Å². The maximum atomic E-state index is 3.81. The Morgan fingerprint density at radius 1 is 1.05 bits per heavy atom. The van der Waals surface area contributed by atoms with E-state index in [-0.39, 0.29) is 0 Å². The Hall–Kier alpha value is -1.34. The van der Waals surface area contributed by atoms with Gasteiger partial charge in [0.25, 0.3) is 0 Å². The quantitative estimate of drug-likeness (QED) is 0.602. The maximum absolute atomic E-state index is 3.81. The van der Waals surface area contributed by atoms with E-state index in [4.69, 9.17) is 0 Å². The van der Waals surface area contributed by atoms with E-state index in [1.54, 1.807) is 0 Å². The first kappa shape index (κ1) is 14.6. The summed E-state index contributed by atoms with van der Waals surface area (Å²) in [7, 11) is 0. The monoisotopic (exact) mass is 340 g/mol. The smallest absolute Gasteiger partial charge is 0.0329 e. The van der Waals surface area contributed by atoms with E-state index >= 15 is 0 Å². The van der Waals surface area contributed by atoms with Crippen LogP contribution in [0.5, 0.6) is 0 Å². The lowest BCUT2D eigenvalue weighted by molar-refractivity contribution is 0.795. The van der Waals surface area contributed by atoms with Crippen LogP contribution in [0.4, 0.5) is 0 Å². The van der Waals surface area contributed by atoms with Gasteiger partial charge < -0.3 is 0 Å². The van der Waals surface area contributed by atoms with Gasteiger partial charge in [-0.3, -0.25) is 0 Å². The second-order valence-corrected chi connectivity index (χ2v) is 6.76. The van der Waals surface area contributed by atoms with Crippen LogP contribution in [-0.2, 0) is 12.8 Å². The van der Waals surface area contributed by atoms with Gasteiger partial charge in [0.1, 0.15) is 0 Å². The first-order chi connectivity index (χ1) is 10.2. The molecule has 0 radical (unpaired) electrons. The number of hydrogen-bond acceptors (Lipinski definition) is 0. The second-order valence-electron chi connectivity index (χ2n) is 5.97. The van der Waals surface area contributed by atoms with Crippen LogP contribution >= 0.6 is 15.9 Å². The zero-order valence-corrected chi connectivity index (χ0v) is 14.3. The molecule has 0 unspecified atom stereocenters. The van der Waals surface area contributed by atoms with Gasteiger partial charge in [-0.05, 0) is 69.9 Å². The van der Waals surface area contributed by atoms with Gasteiger partial charge in [0.15, 0.2) is 0 Å². The molecule has 1 aliphatic carbocycles. The molecule has 2 aromatic rings. The van der Waals surface area contributed by atoms with E-state index in [1.165, 1.54) is 57.1 Å². The highest BCUT2D eigenvalue weighted by atomic mass is 79.9. The molecular formula is C20H21Br. The van der Waals surface area contributed by atoms with Crippen molar-refractivity contribution in [2.45, 2.75) is 39.5 Å². The van der Waals surface area contributed by atoms with Crippen molar-refractivity contribution >= 4 is 22.0 Å². The van der Waals surface area contributed by atoms with Crippen LogP contribution < -0.4 is 0 Å². The summed E-state index contributed by atoms with van der Waals surface area (Å²) in [4.78, 5) is 0. The van der Waals surface area contributed by atoms with Crippen LogP contribution in [-0.4, -0.2) is 0 Å². The standard InChI is InChI=1S/C20H21Br/c1-3-4-5-15-6-8-16(9-7-15)18-11-10-17-12-14(2)13-19(17)20(18)21/h6-11,13H,3-5,12H2,1-2H3. The Morgan fingerprint density at radius 3 is 2.52 bits per heavy atom. The number of benzene rings is 2. The number of rotatable bonds is 4. The van der Waals surface area contributed by atoms with E-state index in [2.05, 4.69) is 72.3 Å². The van der Waals surface area contributed by atoms with Gasteiger partial charge in [-0.1, -0.05) is 61.4 Å². The average Bonchev–Trinajstić information content (AvgIpc) is 2.88. The molecule has 0 N–H and O–H groups in total. The van der Waals surface area contributed by atoms with Crippen molar-refractivity contribution in [3.63, 3.8) is 0 Å². The van der Waals surface area contributed by atoms with Crippen molar-refractivity contribution < 1.29 is 0 Å². The minimum Gasteiger partial charge on any atom is -0.0683 e. The van der Waals surface area contributed by atoms with Crippen molar-refractivity contribution in [3.05, 3.63) is 63.1 Å². The number of hydrogen-bond donors (Lipinski definition) is 0. The topological polar surface area (TPSA) is 0 Å². The van der Waals surface area contributed by atoms with E-state index in [1.807, 2.05) is 0 Å². The predicted molar refractivity (Wildman–Crippen MR) is 95.5 cm³/mol. The minimum absolute atomic E-state index is 1.09. The third-order valence-electron chi connectivity index (χ3n) is 4.21. The molecule has 0 heterocycles. The Kier molecular flexibility index (Phi) is 4.30. The van der Waals surface area contributed by atoms with Crippen LogP contribution in [0.1, 0.15) is 43.4 Å². The fraction of sp³-hybridized carbons (Fsp3) is 0.300. The maximum Gasteiger partial charge on any atom is 0.0329 e. The Bertz CT molecular complexity index is 678. The van der Waals surface area contributed by atoms with Crippen LogP contribution in [0.25, 0.3) is 17.2 Å². The lowest BCUT2D eigenvalue weighted by Gasteiger charge is -2.10. The molecule has 1 aliphatic rings. The summed E-state index contributed by atoms with van der Waals surface area (Å²) in [5.41, 5.74) is 8.26. The molecule has 0 nitrogen and oxygen atoms in total. The van der Waals surface area contributed by atoms with Gasteiger partial charge in [0.05, 0.1) is 0 Å². The van der Waals surface area contributed by atoms with Crippen LogP contribution in [0, 0.1) is 0 Å². The summed E-state index contributed by atoms with van der Waals surface area (Å²) in [6, 6.07) is 13.6. The number of fused-ring (bicyclic) bond motifs is 1. The largest absolute Gasteiger partial charge is 0.0683 e. The molecular weight excluding hydrogens is 320 g/mol. The third-order valence-corrected chi connectivity index (χ3v) is 5.07. The molecule has 0 aliphatic heterocycles. The summed E-state index contributed by atoms with van der Waals surface area (Å²) in [5.74, 6) is 0. The number of halogens is 1. The van der Waals surface area contributed by atoms with Crippen LogP contribution in [0.15, 0.2) is 46.4 Å².